The number of carboxylic acid groups (broad SMARTS) is 1. The largest absolute Gasteiger partial charge is 0.478 e. The summed E-state index contributed by atoms with van der Waals surface area (Å²) in [5.41, 5.74) is 0.166. The van der Waals surface area contributed by atoms with Gasteiger partial charge in [-0.15, -0.1) is 11.3 Å². The maximum atomic E-state index is 12.5. The number of aromatic nitrogens is 1. The van der Waals surface area contributed by atoms with Crippen LogP contribution < -0.4 is 9.62 Å². The smallest absolute Gasteiger partial charge is 0.339 e. The summed E-state index contributed by atoms with van der Waals surface area (Å²) in [6.45, 7) is 5.11. The number of carbonyl (C=O) groups is 1. The minimum Gasteiger partial charge on any atom is -0.478 e. The minimum absolute atomic E-state index is 0.0168. The highest BCUT2D eigenvalue weighted by Crippen LogP contribution is 2.29. The predicted molar refractivity (Wildman–Crippen MR) is 126 cm³/mol. The van der Waals surface area contributed by atoms with Crippen LogP contribution in [-0.2, 0) is 10.0 Å². The molecule has 2 aromatic rings. The molecular weight excluding hydrogens is 448 g/mol. The molecule has 10 heteroatoms. The highest BCUT2D eigenvalue weighted by molar-refractivity contribution is 7.94. The Labute approximate surface area is 193 Å². The monoisotopic (exact) mass is 478 g/mol. The average Bonchev–Trinajstić information content (AvgIpc) is 3.35. The molecule has 32 heavy (non-hydrogen) atoms. The van der Waals surface area contributed by atoms with E-state index in [0.29, 0.717) is 11.7 Å². The maximum Gasteiger partial charge on any atom is 0.339 e. The Kier molecular flexibility index (Phi) is 7.32. The lowest BCUT2D eigenvalue weighted by Gasteiger charge is -2.35. The molecule has 0 atom stereocenters. The maximum absolute atomic E-state index is 12.5. The summed E-state index contributed by atoms with van der Waals surface area (Å²) in [6.07, 6.45) is 8.58. The molecule has 2 aliphatic rings. The Bertz CT molecular complexity index is 1010. The van der Waals surface area contributed by atoms with Crippen molar-refractivity contribution in [1.82, 2.24) is 9.88 Å². The van der Waals surface area contributed by atoms with Crippen LogP contribution >= 0.6 is 11.3 Å². The van der Waals surface area contributed by atoms with Crippen LogP contribution in [0.15, 0.2) is 34.0 Å². The predicted octanol–water partition coefficient (Wildman–Crippen LogP) is 3.73. The van der Waals surface area contributed by atoms with Gasteiger partial charge in [-0.3, -0.25) is 4.72 Å². The summed E-state index contributed by atoms with van der Waals surface area (Å²) in [7, 11) is -3.76. The summed E-state index contributed by atoms with van der Waals surface area (Å²) in [4.78, 5) is 20.8. The summed E-state index contributed by atoms with van der Waals surface area (Å²) < 4.78 is 27.5. The Morgan fingerprint density at radius 2 is 1.94 bits per heavy atom. The number of rotatable bonds is 8. The molecule has 0 saturated carbocycles. The second-order valence-electron chi connectivity index (χ2n) is 8.56. The molecule has 2 aliphatic heterocycles. The average molecular weight is 479 g/mol. The van der Waals surface area contributed by atoms with Crippen LogP contribution in [0.25, 0.3) is 0 Å². The molecular formula is C22H30N4O4S2. The fourth-order valence-electron chi connectivity index (χ4n) is 4.53. The van der Waals surface area contributed by atoms with E-state index in [1.807, 2.05) is 4.90 Å². The van der Waals surface area contributed by atoms with Crippen LogP contribution in [0.4, 0.5) is 11.5 Å². The number of nitrogens with zero attached hydrogens (tertiary/aromatic N) is 3. The van der Waals surface area contributed by atoms with Gasteiger partial charge in [0.05, 0.1) is 11.9 Å². The summed E-state index contributed by atoms with van der Waals surface area (Å²) in [6, 6.07) is 4.51. The number of piperidine rings is 2. The number of thiophene rings is 1. The van der Waals surface area contributed by atoms with Crippen molar-refractivity contribution < 1.29 is 18.3 Å². The van der Waals surface area contributed by atoms with Gasteiger partial charge in [0, 0.05) is 13.1 Å². The number of nitrogens with one attached hydrogen (secondary N) is 1. The number of pyridine rings is 1. The molecule has 0 bridgehead atoms. The summed E-state index contributed by atoms with van der Waals surface area (Å²) in [5, 5.41) is 11.4. The van der Waals surface area contributed by atoms with Gasteiger partial charge in [0.25, 0.3) is 10.0 Å². The van der Waals surface area contributed by atoms with Gasteiger partial charge in [0.15, 0.2) is 0 Å². The van der Waals surface area contributed by atoms with Gasteiger partial charge < -0.3 is 14.9 Å². The van der Waals surface area contributed by atoms with Crippen molar-refractivity contribution in [1.29, 1.82) is 0 Å². The van der Waals surface area contributed by atoms with E-state index >= 15 is 0 Å². The zero-order valence-electron chi connectivity index (χ0n) is 18.1. The van der Waals surface area contributed by atoms with Crippen molar-refractivity contribution in [3.63, 3.8) is 0 Å². The quantitative estimate of drug-likeness (QED) is 0.596. The lowest BCUT2D eigenvalue weighted by atomic mass is 9.93. The number of anilines is 2. The topological polar surface area (TPSA) is 103 Å². The van der Waals surface area contributed by atoms with Crippen molar-refractivity contribution >= 4 is 38.8 Å². The molecule has 174 valence electrons. The lowest BCUT2D eigenvalue weighted by molar-refractivity contribution is 0.0697. The summed E-state index contributed by atoms with van der Waals surface area (Å²) in [5.74, 6) is -0.0544. The Morgan fingerprint density at radius 3 is 2.59 bits per heavy atom. The Balaban J connectivity index is 1.38. The van der Waals surface area contributed by atoms with E-state index in [-0.39, 0.29) is 15.5 Å². The van der Waals surface area contributed by atoms with Gasteiger partial charge in [0.2, 0.25) is 0 Å². The molecule has 0 spiro atoms. The first-order valence-electron chi connectivity index (χ1n) is 11.2. The molecule has 2 N–H and O–H groups in total. The van der Waals surface area contributed by atoms with E-state index in [2.05, 4.69) is 14.6 Å². The van der Waals surface area contributed by atoms with Gasteiger partial charge in [-0.2, -0.15) is 0 Å². The van der Waals surface area contributed by atoms with E-state index in [0.717, 1.165) is 43.8 Å². The molecule has 2 saturated heterocycles. The van der Waals surface area contributed by atoms with E-state index in [1.165, 1.54) is 57.1 Å². The van der Waals surface area contributed by atoms with Gasteiger partial charge in [-0.05, 0) is 75.2 Å². The number of carboxylic acids is 1. The van der Waals surface area contributed by atoms with E-state index in [9.17, 15) is 18.3 Å². The Morgan fingerprint density at radius 1 is 1.19 bits per heavy atom. The zero-order valence-corrected chi connectivity index (χ0v) is 19.7. The van der Waals surface area contributed by atoms with Crippen LogP contribution in [0.2, 0.25) is 0 Å². The number of aromatic carboxylic acids is 1. The summed E-state index contributed by atoms with van der Waals surface area (Å²) >= 11 is 1.10. The first kappa shape index (κ1) is 23.0. The zero-order chi connectivity index (χ0) is 22.6. The second kappa shape index (κ2) is 10.2. The van der Waals surface area contributed by atoms with E-state index in [1.54, 1.807) is 11.4 Å². The molecule has 2 fully saturated rings. The highest BCUT2D eigenvalue weighted by atomic mass is 32.2. The third-order valence-electron chi connectivity index (χ3n) is 6.33. The minimum atomic E-state index is -3.76. The third-order valence-corrected chi connectivity index (χ3v) is 9.10. The fourth-order valence-corrected chi connectivity index (χ4v) is 6.55. The fraction of sp³-hybridized carbons (Fsp3) is 0.545. The standard InChI is InChI=1S/C22H30N4O4S2/c27-22(28)19-15-18(24-32(29,30)20-5-4-14-31-20)16-23-21(19)26-12-7-17(8-13-26)6-11-25-9-2-1-3-10-25/h4-5,14-17,24H,1-3,6-13H2,(H,27,28). The third kappa shape index (κ3) is 5.60. The van der Waals surface area contributed by atoms with Crippen molar-refractivity contribution in [3.8, 4) is 0 Å². The molecule has 4 heterocycles. The number of hydrogen-bond acceptors (Lipinski definition) is 7. The van der Waals surface area contributed by atoms with Crippen molar-refractivity contribution in [3.05, 3.63) is 35.3 Å². The Hall–Kier alpha value is -2.17. The second-order valence-corrected chi connectivity index (χ2v) is 11.4. The lowest BCUT2D eigenvalue weighted by Crippen LogP contribution is -2.37. The first-order chi connectivity index (χ1) is 15.4. The number of hydrogen-bond donors (Lipinski definition) is 2. The first-order valence-corrected chi connectivity index (χ1v) is 13.6. The van der Waals surface area contributed by atoms with Crippen LogP contribution in [0.1, 0.15) is 48.9 Å². The van der Waals surface area contributed by atoms with Crippen LogP contribution in [0, 0.1) is 5.92 Å². The number of sulfonamides is 1. The normalized spacial score (nSPS) is 18.6. The molecule has 4 rings (SSSR count). The van der Waals surface area contributed by atoms with Crippen molar-refractivity contribution in [2.45, 2.75) is 42.7 Å². The molecule has 0 amide bonds. The van der Waals surface area contributed by atoms with Crippen molar-refractivity contribution in [2.24, 2.45) is 5.92 Å². The van der Waals surface area contributed by atoms with Gasteiger partial charge >= 0.3 is 5.97 Å². The molecule has 8 nitrogen and oxygen atoms in total. The SMILES string of the molecule is O=C(O)c1cc(NS(=O)(=O)c2cccs2)cnc1N1CCC(CCN2CCCCC2)CC1. The molecule has 0 unspecified atom stereocenters. The molecule has 0 aliphatic carbocycles. The van der Waals surface area contributed by atoms with Crippen LogP contribution in [-0.4, -0.2) is 62.1 Å². The van der Waals surface area contributed by atoms with Gasteiger partial charge in [-0.25, -0.2) is 18.2 Å². The van der Waals surface area contributed by atoms with Gasteiger partial charge in [-0.1, -0.05) is 12.5 Å². The molecule has 0 radical (unpaired) electrons. The van der Waals surface area contributed by atoms with Crippen molar-refractivity contribution in [2.75, 3.05) is 42.3 Å². The van der Waals surface area contributed by atoms with E-state index < -0.39 is 16.0 Å². The molecule has 2 aromatic heterocycles. The van der Waals surface area contributed by atoms with Crippen LogP contribution in [0.3, 0.4) is 0 Å². The van der Waals surface area contributed by atoms with E-state index in [4.69, 9.17) is 0 Å². The number of likely N-dealkylation sites (tertiary alicyclic amines) is 1. The van der Waals surface area contributed by atoms with Crippen LogP contribution in [0.5, 0.6) is 0 Å². The highest BCUT2D eigenvalue weighted by Gasteiger charge is 2.25. The van der Waals surface area contributed by atoms with Gasteiger partial charge in [0.1, 0.15) is 15.6 Å². The molecule has 0 aromatic carbocycles.